The second-order valence-electron chi connectivity index (χ2n) is 7.63. The molecule has 1 aliphatic rings. The second kappa shape index (κ2) is 8.98. The van der Waals surface area contributed by atoms with E-state index in [9.17, 15) is 22.9 Å². The van der Waals surface area contributed by atoms with Gasteiger partial charge in [-0.15, -0.1) is 11.3 Å². The Morgan fingerprint density at radius 1 is 1.12 bits per heavy atom. The summed E-state index contributed by atoms with van der Waals surface area (Å²) in [5, 5.41) is 11.0. The van der Waals surface area contributed by atoms with Crippen molar-refractivity contribution in [2.24, 2.45) is 0 Å². The van der Waals surface area contributed by atoms with Crippen molar-refractivity contribution < 1.29 is 27.6 Å². The van der Waals surface area contributed by atoms with Gasteiger partial charge < -0.3 is 9.84 Å². The summed E-state index contributed by atoms with van der Waals surface area (Å²) in [5.74, 6) is -2.95. The van der Waals surface area contributed by atoms with E-state index in [1.165, 1.54) is 29.5 Å². The minimum atomic E-state index is -2.22. The maximum absolute atomic E-state index is 15.0. The van der Waals surface area contributed by atoms with Crippen LogP contribution in [-0.4, -0.2) is 21.9 Å². The topological polar surface area (TPSA) is 75.6 Å². The van der Waals surface area contributed by atoms with E-state index >= 15 is 0 Å². The Morgan fingerprint density at radius 3 is 2.74 bits per heavy atom. The van der Waals surface area contributed by atoms with E-state index in [-0.39, 0.29) is 33.3 Å². The van der Waals surface area contributed by atoms with Crippen LogP contribution < -0.4 is 4.72 Å². The monoisotopic (exact) mass is 519 g/mol. The van der Waals surface area contributed by atoms with Crippen LogP contribution in [0.1, 0.15) is 22.3 Å². The number of aryl methyl sites for hydroxylation is 1. The number of thiophene rings is 1. The summed E-state index contributed by atoms with van der Waals surface area (Å²) in [6, 6.07) is 12.0. The molecule has 5 nitrogen and oxygen atoms in total. The molecule has 0 saturated heterocycles. The fourth-order valence-corrected chi connectivity index (χ4v) is 6.38. The van der Waals surface area contributed by atoms with E-state index < -0.39 is 34.3 Å². The zero-order valence-electron chi connectivity index (χ0n) is 17.4. The van der Waals surface area contributed by atoms with Crippen LogP contribution in [-0.2, 0) is 22.1 Å². The van der Waals surface area contributed by atoms with Gasteiger partial charge in [-0.2, -0.15) is 0 Å². The lowest BCUT2D eigenvalue weighted by molar-refractivity contribution is 0.0500. The number of esters is 1. The van der Waals surface area contributed by atoms with Crippen molar-refractivity contribution in [1.82, 2.24) is 0 Å². The maximum Gasteiger partial charge on any atom is 0.338 e. The lowest BCUT2D eigenvalue weighted by atomic mass is 10.0. The summed E-state index contributed by atoms with van der Waals surface area (Å²) in [5.41, 5.74) is 0.770. The van der Waals surface area contributed by atoms with Crippen LogP contribution in [0.25, 0.3) is 20.5 Å². The number of hydrogen-bond donors (Lipinski definition) is 2. The Kier molecular flexibility index (Phi) is 6.01. The van der Waals surface area contributed by atoms with Crippen LogP contribution in [0.4, 0.5) is 14.5 Å². The molecule has 0 amide bonds. The van der Waals surface area contributed by atoms with Gasteiger partial charge in [0, 0.05) is 21.2 Å². The fourth-order valence-electron chi connectivity index (χ4n) is 3.85. The summed E-state index contributed by atoms with van der Waals surface area (Å²) >= 11 is 7.38. The molecule has 34 heavy (non-hydrogen) atoms. The summed E-state index contributed by atoms with van der Waals surface area (Å²) in [7, 11) is -2.22. The van der Waals surface area contributed by atoms with Crippen LogP contribution in [0, 0.1) is 11.6 Å². The minimum Gasteiger partial charge on any atom is -0.505 e. The molecular weight excluding hydrogens is 504 g/mol. The van der Waals surface area contributed by atoms with Gasteiger partial charge in [0.1, 0.15) is 16.5 Å². The van der Waals surface area contributed by atoms with Crippen molar-refractivity contribution in [3.05, 3.63) is 76.3 Å². The molecule has 0 saturated carbocycles. The van der Waals surface area contributed by atoms with Gasteiger partial charge in [-0.25, -0.2) is 17.8 Å². The molecule has 0 fully saturated rings. The number of ether oxygens (including phenoxy) is 1. The van der Waals surface area contributed by atoms with Gasteiger partial charge in [-0.3, -0.25) is 4.72 Å². The SMILES string of the molecule is O=C1OCCCc2c(sc3ccccc23)-c2cc(c(F)cc2F)NS(=O)c2cc1cc(Cl)c2O. The number of rotatable bonds is 0. The van der Waals surface area contributed by atoms with Crippen LogP contribution >= 0.6 is 22.9 Å². The number of carbonyl (C=O) groups is 1. The van der Waals surface area contributed by atoms with Crippen LogP contribution in [0.5, 0.6) is 5.75 Å². The molecule has 1 aliphatic heterocycles. The molecule has 1 atom stereocenters. The van der Waals surface area contributed by atoms with Gasteiger partial charge in [-0.1, -0.05) is 29.8 Å². The first-order valence-electron chi connectivity index (χ1n) is 10.2. The molecule has 10 heteroatoms. The standard InChI is InChI=1S/C24H16ClF2NO4S2/c25-16-8-12-9-21(22(16)29)34(31)28-19-10-15(17(26)11-18(19)27)23-14(5-3-7-32-24(12)30)13-4-1-2-6-20(13)33-23/h1-2,4,6,8-11,28-29H,3,5,7H2. The van der Waals surface area contributed by atoms with Crippen molar-refractivity contribution in [2.75, 3.05) is 11.3 Å². The first-order valence-corrected chi connectivity index (χ1v) is 12.6. The highest BCUT2D eigenvalue weighted by Gasteiger charge is 2.23. The van der Waals surface area contributed by atoms with E-state index in [0.29, 0.717) is 17.7 Å². The fraction of sp³-hybridized carbons (Fsp3) is 0.125. The zero-order chi connectivity index (χ0) is 24.0. The molecule has 0 aliphatic carbocycles. The summed E-state index contributed by atoms with van der Waals surface area (Å²) < 4.78 is 51.4. The maximum atomic E-state index is 15.0. The smallest absolute Gasteiger partial charge is 0.338 e. The Labute approximate surface area is 204 Å². The van der Waals surface area contributed by atoms with Crippen LogP contribution in [0.2, 0.25) is 5.02 Å². The number of cyclic esters (lactones) is 1. The lowest BCUT2D eigenvalue weighted by Gasteiger charge is -2.13. The van der Waals surface area contributed by atoms with Crippen molar-refractivity contribution in [2.45, 2.75) is 17.7 Å². The van der Waals surface area contributed by atoms with E-state index in [1.807, 2.05) is 24.3 Å². The second-order valence-corrected chi connectivity index (χ2v) is 10.3. The lowest BCUT2D eigenvalue weighted by Crippen LogP contribution is -2.10. The van der Waals surface area contributed by atoms with Crippen LogP contribution in [0.3, 0.4) is 0 Å². The third-order valence-electron chi connectivity index (χ3n) is 5.47. The number of halogens is 3. The molecule has 2 N–H and O–H groups in total. The Bertz CT molecular complexity index is 1490. The zero-order valence-corrected chi connectivity index (χ0v) is 19.8. The minimum absolute atomic E-state index is 0.00948. The summed E-state index contributed by atoms with van der Waals surface area (Å²) in [4.78, 5) is 12.9. The predicted molar refractivity (Wildman–Crippen MR) is 129 cm³/mol. The van der Waals surface area contributed by atoms with Crippen molar-refractivity contribution in [3.8, 4) is 16.2 Å². The number of carbonyl (C=O) groups excluding carboxylic acids is 1. The van der Waals surface area contributed by atoms with E-state index in [0.717, 1.165) is 21.7 Å². The molecule has 2 heterocycles. The molecular formula is C24H16ClF2NO4S2. The Balaban J connectivity index is 1.70. The third-order valence-corrected chi connectivity index (χ3v) is 8.12. The largest absolute Gasteiger partial charge is 0.505 e. The number of phenols is 1. The number of nitrogens with one attached hydrogen (secondary N) is 1. The van der Waals surface area contributed by atoms with Gasteiger partial charge in [-0.05, 0) is 48.1 Å². The summed E-state index contributed by atoms with van der Waals surface area (Å²) in [6.07, 6.45) is 0.942. The quantitative estimate of drug-likeness (QED) is 0.262. The Hall–Kier alpha value is -3.01. The molecule has 5 rings (SSSR count). The van der Waals surface area contributed by atoms with E-state index in [2.05, 4.69) is 4.72 Å². The molecule has 0 spiro atoms. The average Bonchev–Trinajstić information content (AvgIpc) is 3.17. The highest BCUT2D eigenvalue weighted by atomic mass is 35.5. The first-order chi connectivity index (χ1) is 16.3. The van der Waals surface area contributed by atoms with Gasteiger partial charge in [0.25, 0.3) is 0 Å². The number of hydrogen-bond acceptors (Lipinski definition) is 5. The van der Waals surface area contributed by atoms with Crippen molar-refractivity contribution in [3.63, 3.8) is 0 Å². The van der Waals surface area contributed by atoms with Gasteiger partial charge in [0.05, 0.1) is 22.9 Å². The number of aromatic hydroxyl groups is 1. The number of benzene rings is 3. The van der Waals surface area contributed by atoms with Crippen LogP contribution in [0.15, 0.2) is 53.4 Å². The number of anilines is 1. The molecule has 0 radical (unpaired) electrons. The van der Waals surface area contributed by atoms with Gasteiger partial charge in [0.2, 0.25) is 0 Å². The number of fused-ring (bicyclic) bond motifs is 8. The predicted octanol–water partition coefficient (Wildman–Crippen LogP) is 6.44. The number of phenolic OH excluding ortho intramolecular Hbond substituents is 1. The molecule has 1 aromatic heterocycles. The molecule has 4 aromatic rings. The normalized spacial score (nSPS) is 16.2. The first kappa shape index (κ1) is 22.8. The van der Waals surface area contributed by atoms with Gasteiger partial charge in [0.15, 0.2) is 16.7 Å². The van der Waals surface area contributed by atoms with Gasteiger partial charge >= 0.3 is 5.97 Å². The third kappa shape index (κ3) is 4.04. The molecule has 4 bridgehead atoms. The molecule has 3 aromatic carbocycles. The van der Waals surface area contributed by atoms with Crippen molar-refractivity contribution >= 4 is 55.7 Å². The highest BCUT2D eigenvalue weighted by Crippen LogP contribution is 2.42. The average molecular weight is 520 g/mol. The van der Waals surface area contributed by atoms with E-state index in [1.54, 1.807) is 0 Å². The van der Waals surface area contributed by atoms with E-state index in [4.69, 9.17) is 16.3 Å². The highest BCUT2D eigenvalue weighted by molar-refractivity contribution is 7.86. The molecule has 1 unspecified atom stereocenters. The Morgan fingerprint density at radius 2 is 1.91 bits per heavy atom. The van der Waals surface area contributed by atoms with Crippen molar-refractivity contribution in [1.29, 1.82) is 0 Å². The summed E-state index contributed by atoms with van der Waals surface area (Å²) in [6.45, 7) is 0.0781. The molecule has 174 valence electrons.